The number of amides is 2. The van der Waals surface area contributed by atoms with Gasteiger partial charge in [0.1, 0.15) is 5.75 Å². The molecule has 1 fully saturated rings. The van der Waals surface area contributed by atoms with Gasteiger partial charge >= 0.3 is 0 Å². The maximum Gasteiger partial charge on any atom is 0.254 e. The molecule has 1 aliphatic rings. The van der Waals surface area contributed by atoms with E-state index in [1.165, 1.54) is 0 Å². The van der Waals surface area contributed by atoms with Crippen molar-refractivity contribution in [2.24, 2.45) is 0 Å². The number of piperidine rings is 1. The molecule has 3 rings (SSSR count). The van der Waals surface area contributed by atoms with Crippen molar-refractivity contribution in [3.05, 3.63) is 64.7 Å². The van der Waals surface area contributed by atoms with Crippen LogP contribution in [-0.2, 0) is 4.79 Å². The molecule has 0 unspecified atom stereocenters. The Bertz CT molecular complexity index is 865. The van der Waals surface area contributed by atoms with E-state index in [-0.39, 0.29) is 17.9 Å². The van der Waals surface area contributed by atoms with E-state index in [9.17, 15) is 9.59 Å². The average Bonchev–Trinajstić information content (AvgIpc) is 2.73. The highest BCUT2D eigenvalue weighted by Crippen LogP contribution is 2.22. The first-order valence-corrected chi connectivity index (χ1v) is 10.8. The highest BCUT2D eigenvalue weighted by Gasteiger charge is 2.25. The van der Waals surface area contributed by atoms with Crippen molar-refractivity contribution in [2.45, 2.75) is 52.5 Å². The normalized spacial score (nSPS) is 14.4. The molecule has 0 saturated carbocycles. The van der Waals surface area contributed by atoms with Gasteiger partial charge in [0.15, 0.2) is 0 Å². The standard InChI is InChI=1S/C25H32N2O3/c1-18-8-4-5-11-22(18)25(29)27-15-13-21(14-16-27)26-23(28)12-7-17-30-24-19(2)9-6-10-20(24)3/h4-6,8-11,21H,7,12-17H2,1-3H3,(H,26,28). The predicted molar refractivity (Wildman–Crippen MR) is 119 cm³/mol. The van der Waals surface area contributed by atoms with Crippen LogP contribution in [0.3, 0.4) is 0 Å². The second-order valence-corrected chi connectivity index (χ2v) is 8.12. The molecule has 5 heteroatoms. The second kappa shape index (κ2) is 10.3. The van der Waals surface area contributed by atoms with E-state index in [2.05, 4.69) is 5.32 Å². The van der Waals surface area contributed by atoms with Crippen LogP contribution in [0.4, 0.5) is 0 Å². The maximum absolute atomic E-state index is 12.7. The summed E-state index contributed by atoms with van der Waals surface area (Å²) in [6.07, 6.45) is 2.72. The van der Waals surface area contributed by atoms with Crippen molar-refractivity contribution in [1.82, 2.24) is 10.2 Å². The van der Waals surface area contributed by atoms with E-state index < -0.39 is 0 Å². The highest BCUT2D eigenvalue weighted by molar-refractivity contribution is 5.95. The molecule has 160 valence electrons. The molecule has 0 radical (unpaired) electrons. The third kappa shape index (κ3) is 5.62. The lowest BCUT2D eigenvalue weighted by molar-refractivity contribution is -0.122. The van der Waals surface area contributed by atoms with Crippen LogP contribution in [0, 0.1) is 20.8 Å². The fraction of sp³-hybridized carbons (Fsp3) is 0.440. The SMILES string of the molecule is Cc1ccccc1C(=O)N1CCC(NC(=O)CCCOc2c(C)cccc2C)CC1. The maximum atomic E-state index is 12.7. The number of carbonyl (C=O) groups is 2. The zero-order valence-corrected chi connectivity index (χ0v) is 18.2. The summed E-state index contributed by atoms with van der Waals surface area (Å²) in [5, 5.41) is 3.12. The van der Waals surface area contributed by atoms with Crippen molar-refractivity contribution < 1.29 is 14.3 Å². The Morgan fingerprint density at radius 1 is 0.967 bits per heavy atom. The molecule has 1 aliphatic heterocycles. The third-order valence-corrected chi connectivity index (χ3v) is 5.73. The fourth-order valence-electron chi connectivity index (χ4n) is 3.94. The number of nitrogens with one attached hydrogen (secondary N) is 1. The topological polar surface area (TPSA) is 58.6 Å². The van der Waals surface area contributed by atoms with Gasteiger partial charge in [-0.15, -0.1) is 0 Å². The summed E-state index contributed by atoms with van der Waals surface area (Å²) in [7, 11) is 0. The van der Waals surface area contributed by atoms with Gasteiger partial charge in [0.25, 0.3) is 5.91 Å². The molecule has 1 N–H and O–H groups in total. The molecule has 5 nitrogen and oxygen atoms in total. The Balaban J connectivity index is 1.37. The van der Waals surface area contributed by atoms with E-state index >= 15 is 0 Å². The predicted octanol–water partition coefficient (Wildman–Crippen LogP) is 4.19. The number of benzene rings is 2. The van der Waals surface area contributed by atoms with Crippen LogP contribution >= 0.6 is 0 Å². The van der Waals surface area contributed by atoms with Gasteiger partial charge in [-0.2, -0.15) is 0 Å². The van der Waals surface area contributed by atoms with Gasteiger partial charge in [0.2, 0.25) is 5.91 Å². The number of carbonyl (C=O) groups excluding carboxylic acids is 2. The quantitative estimate of drug-likeness (QED) is 0.699. The molecule has 0 aromatic heterocycles. The van der Waals surface area contributed by atoms with Gasteiger partial charge in [-0.05, 0) is 62.8 Å². The van der Waals surface area contributed by atoms with Gasteiger partial charge in [-0.1, -0.05) is 36.4 Å². The van der Waals surface area contributed by atoms with E-state index in [0.717, 1.165) is 40.8 Å². The fourth-order valence-corrected chi connectivity index (χ4v) is 3.94. The van der Waals surface area contributed by atoms with Gasteiger partial charge in [-0.25, -0.2) is 0 Å². The van der Waals surface area contributed by atoms with Crippen LogP contribution in [0.5, 0.6) is 5.75 Å². The first-order chi connectivity index (χ1) is 14.5. The summed E-state index contributed by atoms with van der Waals surface area (Å²) in [5.74, 6) is 1.06. The molecule has 30 heavy (non-hydrogen) atoms. The van der Waals surface area contributed by atoms with Gasteiger partial charge in [-0.3, -0.25) is 9.59 Å². The van der Waals surface area contributed by atoms with Crippen LogP contribution in [-0.4, -0.2) is 42.5 Å². The molecule has 0 aliphatic carbocycles. The number of rotatable bonds is 7. The summed E-state index contributed by atoms with van der Waals surface area (Å²) in [6.45, 7) is 7.91. The van der Waals surface area contributed by atoms with Crippen molar-refractivity contribution in [1.29, 1.82) is 0 Å². The lowest BCUT2D eigenvalue weighted by atomic mass is 10.0. The molecule has 0 bridgehead atoms. The first kappa shape index (κ1) is 21.9. The molecular formula is C25H32N2O3. The van der Waals surface area contributed by atoms with Gasteiger partial charge < -0.3 is 15.0 Å². The molecule has 2 aromatic carbocycles. The summed E-state index contributed by atoms with van der Waals surface area (Å²) in [6, 6.07) is 13.9. The molecule has 1 heterocycles. The smallest absolute Gasteiger partial charge is 0.254 e. The number of ether oxygens (including phenoxy) is 1. The highest BCUT2D eigenvalue weighted by atomic mass is 16.5. The third-order valence-electron chi connectivity index (χ3n) is 5.73. The Labute approximate surface area is 179 Å². The number of para-hydroxylation sites is 1. The summed E-state index contributed by atoms with van der Waals surface area (Å²) < 4.78 is 5.88. The zero-order chi connectivity index (χ0) is 21.5. The Morgan fingerprint density at radius 2 is 1.60 bits per heavy atom. The molecule has 2 amide bonds. The van der Waals surface area contributed by atoms with Crippen molar-refractivity contribution >= 4 is 11.8 Å². The van der Waals surface area contributed by atoms with Crippen molar-refractivity contribution in [3.63, 3.8) is 0 Å². The Hall–Kier alpha value is -2.82. The summed E-state index contributed by atoms with van der Waals surface area (Å²) in [5.41, 5.74) is 4.00. The summed E-state index contributed by atoms with van der Waals surface area (Å²) >= 11 is 0. The summed E-state index contributed by atoms with van der Waals surface area (Å²) in [4.78, 5) is 26.9. The number of likely N-dealkylation sites (tertiary alicyclic amines) is 1. The first-order valence-electron chi connectivity index (χ1n) is 10.8. The lowest BCUT2D eigenvalue weighted by Gasteiger charge is -2.32. The lowest BCUT2D eigenvalue weighted by Crippen LogP contribution is -2.46. The largest absolute Gasteiger partial charge is 0.493 e. The van der Waals surface area contributed by atoms with Crippen LogP contribution in [0.1, 0.15) is 52.7 Å². The number of hydrogen-bond donors (Lipinski definition) is 1. The number of aryl methyl sites for hydroxylation is 3. The number of nitrogens with zero attached hydrogens (tertiary/aromatic N) is 1. The van der Waals surface area contributed by atoms with Crippen LogP contribution in [0.25, 0.3) is 0 Å². The van der Waals surface area contributed by atoms with Crippen LogP contribution in [0.2, 0.25) is 0 Å². The molecular weight excluding hydrogens is 376 g/mol. The monoisotopic (exact) mass is 408 g/mol. The molecule has 0 spiro atoms. The van der Waals surface area contributed by atoms with Gasteiger partial charge in [0, 0.05) is 31.1 Å². The number of hydrogen-bond acceptors (Lipinski definition) is 3. The van der Waals surface area contributed by atoms with Crippen LogP contribution in [0.15, 0.2) is 42.5 Å². The molecule has 1 saturated heterocycles. The second-order valence-electron chi connectivity index (χ2n) is 8.12. The minimum Gasteiger partial charge on any atom is -0.493 e. The van der Waals surface area contributed by atoms with E-state index in [4.69, 9.17) is 4.74 Å². The zero-order valence-electron chi connectivity index (χ0n) is 18.2. The van der Waals surface area contributed by atoms with Crippen molar-refractivity contribution in [2.75, 3.05) is 19.7 Å². The molecule has 0 atom stereocenters. The van der Waals surface area contributed by atoms with E-state index in [1.54, 1.807) is 0 Å². The van der Waals surface area contributed by atoms with Crippen molar-refractivity contribution in [3.8, 4) is 5.75 Å². The van der Waals surface area contributed by atoms with E-state index in [1.807, 2.05) is 68.1 Å². The minimum absolute atomic E-state index is 0.0591. The van der Waals surface area contributed by atoms with E-state index in [0.29, 0.717) is 32.5 Å². The Morgan fingerprint density at radius 3 is 2.27 bits per heavy atom. The minimum atomic E-state index is 0.0591. The van der Waals surface area contributed by atoms with Gasteiger partial charge in [0.05, 0.1) is 6.61 Å². The van der Waals surface area contributed by atoms with Crippen LogP contribution < -0.4 is 10.1 Å². The average molecular weight is 409 g/mol. The molecule has 2 aromatic rings. The Kier molecular flexibility index (Phi) is 7.50.